The molecule has 4 nitrogen and oxygen atoms in total. The second-order valence-electron chi connectivity index (χ2n) is 6.67. The Hall–Kier alpha value is -1.03. The van der Waals surface area contributed by atoms with Gasteiger partial charge in [0.1, 0.15) is 0 Å². The van der Waals surface area contributed by atoms with E-state index in [0.717, 1.165) is 43.6 Å². The minimum absolute atomic E-state index is 0. The lowest BCUT2D eigenvalue weighted by atomic mass is 10.0. The van der Waals surface area contributed by atoms with Crippen molar-refractivity contribution in [3.63, 3.8) is 0 Å². The van der Waals surface area contributed by atoms with Crippen LogP contribution >= 0.6 is 24.0 Å². The van der Waals surface area contributed by atoms with Crippen molar-refractivity contribution >= 4 is 29.9 Å². The minimum atomic E-state index is -4.30. The maximum Gasteiger partial charge on any atom is 0.416 e. The molecule has 0 saturated carbocycles. The Morgan fingerprint density at radius 2 is 1.77 bits per heavy atom. The zero-order valence-electron chi connectivity index (χ0n) is 15.4. The highest BCUT2D eigenvalue weighted by atomic mass is 127. The molecule has 0 atom stereocenters. The van der Waals surface area contributed by atoms with Crippen molar-refractivity contribution in [3.05, 3.63) is 35.4 Å². The molecule has 1 fully saturated rings. The van der Waals surface area contributed by atoms with E-state index in [0.29, 0.717) is 24.6 Å². The number of rotatable bonds is 4. The van der Waals surface area contributed by atoms with Crippen LogP contribution in [0, 0.1) is 0 Å². The van der Waals surface area contributed by atoms with Gasteiger partial charge in [-0.2, -0.15) is 13.2 Å². The van der Waals surface area contributed by atoms with E-state index in [1.165, 1.54) is 12.1 Å². The van der Waals surface area contributed by atoms with Crippen LogP contribution in [0.25, 0.3) is 0 Å². The number of guanidine groups is 1. The molecule has 1 aliphatic heterocycles. The highest BCUT2D eigenvalue weighted by Crippen LogP contribution is 2.29. The van der Waals surface area contributed by atoms with Crippen LogP contribution in [0.4, 0.5) is 13.2 Å². The number of nitrogens with one attached hydrogen (secondary N) is 2. The third-order valence-corrected chi connectivity index (χ3v) is 4.57. The number of benzene rings is 1. The Balaban J connectivity index is 0.00000338. The van der Waals surface area contributed by atoms with E-state index in [1.54, 1.807) is 7.05 Å². The zero-order valence-corrected chi connectivity index (χ0v) is 17.8. The molecule has 26 heavy (non-hydrogen) atoms. The predicted octanol–water partition coefficient (Wildman–Crippen LogP) is 3.86. The summed E-state index contributed by atoms with van der Waals surface area (Å²) in [5.41, 5.74) is 0.154. The summed E-state index contributed by atoms with van der Waals surface area (Å²) in [6.07, 6.45) is -2.19. The van der Waals surface area contributed by atoms with Crippen LogP contribution in [0.3, 0.4) is 0 Å². The van der Waals surface area contributed by atoms with Gasteiger partial charge in [-0.15, -0.1) is 24.0 Å². The largest absolute Gasteiger partial charge is 0.416 e. The topological polar surface area (TPSA) is 39.7 Å². The molecule has 1 heterocycles. The highest BCUT2D eigenvalue weighted by molar-refractivity contribution is 14.0. The normalized spacial score (nSPS) is 17.1. The SMILES string of the molecule is CN=C(NCc1ccc(C(F)(F)F)cc1)NC1CCN(C(C)C)CC1.I. The molecule has 1 saturated heterocycles. The quantitative estimate of drug-likeness (QED) is 0.388. The Kier molecular flexibility index (Phi) is 9.15. The second-order valence-corrected chi connectivity index (χ2v) is 6.67. The maximum absolute atomic E-state index is 12.6. The summed E-state index contributed by atoms with van der Waals surface area (Å²) < 4.78 is 37.7. The van der Waals surface area contributed by atoms with Gasteiger partial charge in [-0.3, -0.25) is 4.99 Å². The fraction of sp³-hybridized carbons (Fsp3) is 0.611. The molecule has 8 heteroatoms. The van der Waals surface area contributed by atoms with E-state index < -0.39 is 11.7 Å². The number of nitrogens with zero attached hydrogens (tertiary/aromatic N) is 2. The van der Waals surface area contributed by atoms with Gasteiger partial charge in [-0.25, -0.2) is 0 Å². The fourth-order valence-electron chi connectivity index (χ4n) is 2.95. The molecule has 1 aliphatic rings. The van der Waals surface area contributed by atoms with Crippen molar-refractivity contribution in [2.75, 3.05) is 20.1 Å². The highest BCUT2D eigenvalue weighted by Gasteiger charge is 2.29. The van der Waals surface area contributed by atoms with Gasteiger partial charge < -0.3 is 15.5 Å². The Morgan fingerprint density at radius 3 is 2.23 bits per heavy atom. The molecule has 0 amide bonds. The van der Waals surface area contributed by atoms with Crippen LogP contribution in [0.1, 0.15) is 37.8 Å². The van der Waals surface area contributed by atoms with Crippen LogP contribution in [0.5, 0.6) is 0 Å². The number of alkyl halides is 3. The van der Waals surface area contributed by atoms with Crippen LogP contribution < -0.4 is 10.6 Å². The van der Waals surface area contributed by atoms with E-state index in [2.05, 4.69) is 34.4 Å². The summed E-state index contributed by atoms with van der Waals surface area (Å²) in [5, 5.41) is 6.57. The van der Waals surface area contributed by atoms with Crippen LogP contribution in [-0.4, -0.2) is 43.1 Å². The average molecular weight is 484 g/mol. The molecule has 0 aliphatic carbocycles. The Labute approximate surface area is 170 Å². The number of halogens is 4. The monoisotopic (exact) mass is 484 g/mol. The molecule has 2 N–H and O–H groups in total. The van der Waals surface area contributed by atoms with Crippen LogP contribution in [0.2, 0.25) is 0 Å². The first kappa shape index (κ1) is 23.0. The van der Waals surface area contributed by atoms with Gasteiger partial charge in [0.2, 0.25) is 0 Å². The molecule has 1 aromatic rings. The minimum Gasteiger partial charge on any atom is -0.354 e. The Bertz CT molecular complexity index is 565. The van der Waals surface area contributed by atoms with Gasteiger partial charge in [-0.1, -0.05) is 12.1 Å². The maximum atomic E-state index is 12.6. The summed E-state index contributed by atoms with van der Waals surface area (Å²) in [7, 11) is 1.70. The standard InChI is InChI=1S/C18H27F3N4.HI/c1-13(2)25-10-8-16(9-11-25)24-17(22-3)23-12-14-4-6-15(7-5-14)18(19,20)21;/h4-7,13,16H,8-12H2,1-3H3,(H2,22,23,24);1H. The third kappa shape index (κ3) is 6.94. The number of hydrogen-bond donors (Lipinski definition) is 2. The first-order valence-electron chi connectivity index (χ1n) is 8.67. The molecule has 0 unspecified atom stereocenters. The summed E-state index contributed by atoms with van der Waals surface area (Å²) in [4.78, 5) is 6.66. The van der Waals surface area contributed by atoms with E-state index >= 15 is 0 Å². The van der Waals surface area contributed by atoms with E-state index in [-0.39, 0.29) is 24.0 Å². The van der Waals surface area contributed by atoms with Gasteiger partial charge in [0.15, 0.2) is 5.96 Å². The molecular formula is C18H28F3IN4. The predicted molar refractivity (Wildman–Crippen MR) is 110 cm³/mol. The van der Waals surface area contributed by atoms with E-state index in [9.17, 15) is 13.2 Å². The Morgan fingerprint density at radius 1 is 1.19 bits per heavy atom. The lowest BCUT2D eigenvalue weighted by molar-refractivity contribution is -0.137. The molecule has 148 valence electrons. The number of piperidine rings is 1. The summed E-state index contributed by atoms with van der Waals surface area (Å²) in [6.45, 7) is 6.97. The number of aliphatic imine (C=N–C) groups is 1. The van der Waals surface area contributed by atoms with E-state index in [1.807, 2.05) is 0 Å². The molecule has 1 aromatic carbocycles. The van der Waals surface area contributed by atoms with E-state index in [4.69, 9.17) is 0 Å². The average Bonchev–Trinajstić information content (AvgIpc) is 2.58. The van der Waals surface area contributed by atoms with Gasteiger partial charge in [0.05, 0.1) is 5.56 Å². The second kappa shape index (κ2) is 10.3. The third-order valence-electron chi connectivity index (χ3n) is 4.57. The first-order chi connectivity index (χ1) is 11.8. The van der Waals surface area contributed by atoms with Gasteiger partial charge in [0.25, 0.3) is 0 Å². The van der Waals surface area contributed by atoms with Crippen molar-refractivity contribution in [2.45, 2.75) is 51.5 Å². The van der Waals surface area contributed by atoms with Gasteiger partial charge in [0, 0.05) is 38.8 Å². The van der Waals surface area contributed by atoms with Gasteiger partial charge >= 0.3 is 6.18 Å². The van der Waals surface area contributed by atoms with Crippen molar-refractivity contribution in [2.24, 2.45) is 4.99 Å². The van der Waals surface area contributed by atoms with Crippen molar-refractivity contribution in [1.82, 2.24) is 15.5 Å². The zero-order chi connectivity index (χ0) is 18.4. The van der Waals surface area contributed by atoms with Crippen LogP contribution in [-0.2, 0) is 12.7 Å². The lowest BCUT2D eigenvalue weighted by Gasteiger charge is -2.35. The van der Waals surface area contributed by atoms with Crippen LogP contribution in [0.15, 0.2) is 29.3 Å². The van der Waals surface area contributed by atoms with Crippen molar-refractivity contribution in [3.8, 4) is 0 Å². The summed E-state index contributed by atoms with van der Waals surface area (Å²) in [6, 6.07) is 6.13. The molecular weight excluding hydrogens is 456 g/mol. The molecule has 0 radical (unpaired) electrons. The first-order valence-corrected chi connectivity index (χ1v) is 8.67. The number of likely N-dealkylation sites (tertiary alicyclic amines) is 1. The number of hydrogen-bond acceptors (Lipinski definition) is 2. The van der Waals surface area contributed by atoms with Gasteiger partial charge in [-0.05, 0) is 44.4 Å². The molecule has 2 rings (SSSR count). The van der Waals surface area contributed by atoms with Crippen molar-refractivity contribution < 1.29 is 13.2 Å². The fourth-order valence-corrected chi connectivity index (χ4v) is 2.95. The molecule has 0 bridgehead atoms. The smallest absolute Gasteiger partial charge is 0.354 e. The summed E-state index contributed by atoms with van der Waals surface area (Å²) in [5.74, 6) is 0.683. The molecule has 0 spiro atoms. The molecule has 0 aromatic heterocycles. The lowest BCUT2D eigenvalue weighted by Crippen LogP contribution is -2.49. The summed E-state index contributed by atoms with van der Waals surface area (Å²) >= 11 is 0. The van der Waals surface area contributed by atoms with Crippen molar-refractivity contribution in [1.29, 1.82) is 0 Å².